The number of carbonyl (C=O) groups is 1. The third kappa shape index (κ3) is 3.90. The first kappa shape index (κ1) is 14.2. The fourth-order valence-corrected chi connectivity index (χ4v) is 1.92. The summed E-state index contributed by atoms with van der Waals surface area (Å²) in [6.45, 7) is 2.48. The van der Waals surface area contributed by atoms with E-state index < -0.39 is 0 Å². The number of nitrogens with one attached hydrogen (secondary N) is 2. The number of halogens is 1. The van der Waals surface area contributed by atoms with Crippen LogP contribution in [-0.2, 0) is 6.54 Å². The van der Waals surface area contributed by atoms with Crippen molar-refractivity contribution in [2.75, 3.05) is 11.1 Å². The van der Waals surface area contributed by atoms with Crippen LogP contribution in [0.5, 0.6) is 0 Å². The number of hydrogen-bond acceptors (Lipinski definition) is 2. The van der Waals surface area contributed by atoms with Gasteiger partial charge < -0.3 is 16.4 Å². The van der Waals surface area contributed by atoms with E-state index in [-0.39, 0.29) is 6.03 Å². The summed E-state index contributed by atoms with van der Waals surface area (Å²) in [6.07, 6.45) is 0. The molecule has 2 aromatic rings. The molecular formula is C15H16ClN3O. The highest BCUT2D eigenvalue weighted by Crippen LogP contribution is 2.23. The monoisotopic (exact) mass is 289 g/mol. The van der Waals surface area contributed by atoms with Crippen molar-refractivity contribution in [3.63, 3.8) is 0 Å². The van der Waals surface area contributed by atoms with Crippen molar-refractivity contribution >= 4 is 29.0 Å². The molecule has 4 nitrogen and oxygen atoms in total. The van der Waals surface area contributed by atoms with E-state index in [1.165, 1.54) is 5.56 Å². The van der Waals surface area contributed by atoms with Gasteiger partial charge in [-0.15, -0.1) is 0 Å². The molecule has 0 aliphatic rings. The van der Waals surface area contributed by atoms with E-state index in [1.54, 1.807) is 18.2 Å². The SMILES string of the molecule is Cc1ccc(CNC(=O)Nc2ccc(N)cc2Cl)cc1. The van der Waals surface area contributed by atoms with E-state index >= 15 is 0 Å². The van der Waals surface area contributed by atoms with Crippen molar-refractivity contribution in [2.45, 2.75) is 13.5 Å². The zero-order chi connectivity index (χ0) is 14.5. The average Bonchev–Trinajstić information content (AvgIpc) is 2.41. The minimum absolute atomic E-state index is 0.308. The zero-order valence-electron chi connectivity index (χ0n) is 11.1. The zero-order valence-corrected chi connectivity index (χ0v) is 11.9. The number of amides is 2. The van der Waals surface area contributed by atoms with Gasteiger partial charge >= 0.3 is 6.03 Å². The summed E-state index contributed by atoms with van der Waals surface area (Å²) in [5, 5.41) is 5.86. The molecule has 0 heterocycles. The van der Waals surface area contributed by atoms with Gasteiger partial charge in [0.05, 0.1) is 10.7 Å². The number of anilines is 2. The van der Waals surface area contributed by atoms with Crippen LogP contribution in [0, 0.1) is 6.92 Å². The van der Waals surface area contributed by atoms with Crippen molar-refractivity contribution in [2.24, 2.45) is 0 Å². The second-order valence-electron chi connectivity index (χ2n) is 4.53. The number of aryl methyl sites for hydroxylation is 1. The Hall–Kier alpha value is -2.20. The van der Waals surface area contributed by atoms with Crippen LogP contribution in [0.3, 0.4) is 0 Å². The number of hydrogen-bond donors (Lipinski definition) is 3. The summed E-state index contributed by atoms with van der Waals surface area (Å²) < 4.78 is 0. The summed E-state index contributed by atoms with van der Waals surface area (Å²) in [4.78, 5) is 11.8. The van der Waals surface area contributed by atoms with Crippen LogP contribution in [0.4, 0.5) is 16.2 Å². The fourth-order valence-electron chi connectivity index (χ4n) is 1.69. The quantitative estimate of drug-likeness (QED) is 0.756. The summed E-state index contributed by atoms with van der Waals surface area (Å²) in [7, 11) is 0. The number of nitrogen functional groups attached to an aromatic ring is 1. The average molecular weight is 290 g/mol. The number of carbonyl (C=O) groups excluding carboxylic acids is 1. The van der Waals surface area contributed by atoms with Crippen LogP contribution in [0.15, 0.2) is 42.5 Å². The van der Waals surface area contributed by atoms with Crippen LogP contribution >= 0.6 is 11.6 Å². The van der Waals surface area contributed by atoms with Gasteiger partial charge in [-0.05, 0) is 30.7 Å². The number of rotatable bonds is 3. The van der Waals surface area contributed by atoms with E-state index in [1.807, 2.05) is 31.2 Å². The first-order valence-electron chi connectivity index (χ1n) is 6.20. The van der Waals surface area contributed by atoms with Gasteiger partial charge in [-0.2, -0.15) is 0 Å². The number of nitrogens with two attached hydrogens (primary N) is 1. The Balaban J connectivity index is 1.90. The fraction of sp³-hybridized carbons (Fsp3) is 0.133. The van der Waals surface area contributed by atoms with Gasteiger partial charge in [0.2, 0.25) is 0 Å². The summed E-state index contributed by atoms with van der Waals surface area (Å²) in [5.74, 6) is 0. The van der Waals surface area contributed by atoms with Crippen molar-refractivity contribution in [3.05, 3.63) is 58.6 Å². The molecule has 0 aromatic heterocycles. The highest BCUT2D eigenvalue weighted by Gasteiger charge is 2.05. The maximum atomic E-state index is 11.8. The van der Waals surface area contributed by atoms with Crippen LogP contribution < -0.4 is 16.4 Å². The number of benzene rings is 2. The van der Waals surface area contributed by atoms with E-state index in [9.17, 15) is 4.79 Å². The van der Waals surface area contributed by atoms with Gasteiger partial charge in [-0.3, -0.25) is 0 Å². The molecule has 0 spiro atoms. The molecule has 0 fully saturated rings. The standard InChI is InChI=1S/C15H16ClN3O/c1-10-2-4-11(5-3-10)9-18-15(20)19-14-7-6-12(17)8-13(14)16/h2-8H,9,17H2,1H3,(H2,18,19,20). The van der Waals surface area contributed by atoms with Crippen molar-refractivity contribution in [1.82, 2.24) is 5.32 Å². The molecule has 20 heavy (non-hydrogen) atoms. The smallest absolute Gasteiger partial charge is 0.319 e. The second-order valence-corrected chi connectivity index (χ2v) is 4.94. The second kappa shape index (κ2) is 6.30. The lowest BCUT2D eigenvalue weighted by atomic mass is 10.1. The van der Waals surface area contributed by atoms with Crippen LogP contribution in [0.1, 0.15) is 11.1 Å². The molecule has 0 unspecified atom stereocenters. The van der Waals surface area contributed by atoms with Gasteiger partial charge in [0.1, 0.15) is 0 Å². The molecule has 0 saturated heterocycles. The maximum absolute atomic E-state index is 11.8. The third-order valence-electron chi connectivity index (χ3n) is 2.82. The van der Waals surface area contributed by atoms with E-state index in [2.05, 4.69) is 10.6 Å². The molecule has 0 aliphatic carbocycles. The molecule has 0 atom stereocenters. The Morgan fingerprint density at radius 1 is 1.20 bits per heavy atom. The van der Waals surface area contributed by atoms with Crippen LogP contribution in [0.25, 0.3) is 0 Å². The summed E-state index contributed by atoms with van der Waals surface area (Å²) >= 11 is 5.99. The third-order valence-corrected chi connectivity index (χ3v) is 3.13. The van der Waals surface area contributed by atoms with Gasteiger partial charge in [0.25, 0.3) is 0 Å². The minimum Gasteiger partial charge on any atom is -0.399 e. The predicted molar refractivity (Wildman–Crippen MR) is 82.9 cm³/mol. The van der Waals surface area contributed by atoms with Gasteiger partial charge in [-0.25, -0.2) is 4.79 Å². The van der Waals surface area contributed by atoms with Crippen molar-refractivity contribution < 1.29 is 4.79 Å². The Kier molecular flexibility index (Phi) is 4.48. The van der Waals surface area contributed by atoms with Crippen LogP contribution in [-0.4, -0.2) is 6.03 Å². The van der Waals surface area contributed by atoms with Gasteiger partial charge in [0.15, 0.2) is 0 Å². The predicted octanol–water partition coefficient (Wildman–Crippen LogP) is 3.55. The Bertz CT molecular complexity index is 611. The largest absolute Gasteiger partial charge is 0.399 e. The summed E-state index contributed by atoms with van der Waals surface area (Å²) in [5.41, 5.74) is 8.90. The number of urea groups is 1. The van der Waals surface area contributed by atoms with Gasteiger partial charge in [-0.1, -0.05) is 41.4 Å². The normalized spacial score (nSPS) is 10.1. The Morgan fingerprint density at radius 3 is 2.55 bits per heavy atom. The molecule has 2 rings (SSSR count). The lowest BCUT2D eigenvalue weighted by Crippen LogP contribution is -2.28. The molecule has 0 aliphatic heterocycles. The van der Waals surface area contributed by atoms with Gasteiger partial charge in [0, 0.05) is 12.2 Å². The molecule has 2 amide bonds. The molecular weight excluding hydrogens is 274 g/mol. The Morgan fingerprint density at radius 2 is 1.90 bits per heavy atom. The molecule has 5 heteroatoms. The van der Waals surface area contributed by atoms with Crippen molar-refractivity contribution in [1.29, 1.82) is 0 Å². The molecule has 0 bridgehead atoms. The van der Waals surface area contributed by atoms with E-state index in [0.29, 0.717) is 22.9 Å². The van der Waals surface area contributed by atoms with Crippen molar-refractivity contribution in [3.8, 4) is 0 Å². The minimum atomic E-state index is -0.308. The highest BCUT2D eigenvalue weighted by molar-refractivity contribution is 6.34. The maximum Gasteiger partial charge on any atom is 0.319 e. The molecule has 0 radical (unpaired) electrons. The molecule has 2 aromatic carbocycles. The molecule has 4 N–H and O–H groups in total. The topological polar surface area (TPSA) is 67.2 Å². The highest BCUT2D eigenvalue weighted by atomic mass is 35.5. The lowest BCUT2D eigenvalue weighted by molar-refractivity contribution is 0.251. The molecule has 0 saturated carbocycles. The summed E-state index contributed by atoms with van der Waals surface area (Å²) in [6, 6.07) is 12.6. The molecule has 104 valence electrons. The first-order chi connectivity index (χ1) is 9.54. The lowest BCUT2D eigenvalue weighted by Gasteiger charge is -2.09. The Labute approximate surface area is 122 Å². The van der Waals surface area contributed by atoms with Crippen LogP contribution in [0.2, 0.25) is 5.02 Å². The van der Waals surface area contributed by atoms with E-state index in [0.717, 1.165) is 5.56 Å². The first-order valence-corrected chi connectivity index (χ1v) is 6.58. The van der Waals surface area contributed by atoms with E-state index in [4.69, 9.17) is 17.3 Å².